The normalized spacial score (nSPS) is 17.2. The van der Waals surface area contributed by atoms with Crippen molar-refractivity contribution < 1.29 is 20.1 Å². The van der Waals surface area contributed by atoms with Gasteiger partial charge in [0.15, 0.2) is 0 Å². The molecule has 23 heavy (non-hydrogen) atoms. The number of rotatable bonds is 2. The van der Waals surface area contributed by atoms with Gasteiger partial charge in [-0.15, -0.1) is 0 Å². The van der Waals surface area contributed by atoms with Gasteiger partial charge >= 0.3 is 0 Å². The van der Waals surface area contributed by atoms with Crippen LogP contribution in [0.15, 0.2) is 47.6 Å². The van der Waals surface area contributed by atoms with Gasteiger partial charge in [-0.2, -0.15) is 5.10 Å². The highest BCUT2D eigenvalue weighted by Crippen LogP contribution is 2.35. The molecule has 3 rings (SSSR count). The summed E-state index contributed by atoms with van der Waals surface area (Å²) in [7, 11) is 0. The van der Waals surface area contributed by atoms with Crippen molar-refractivity contribution in [2.24, 2.45) is 5.10 Å². The number of phenolic OH excluding ortho intramolecular Hbond substituents is 3. The zero-order valence-electron chi connectivity index (χ0n) is 12.5. The van der Waals surface area contributed by atoms with Gasteiger partial charge in [-0.3, -0.25) is 4.79 Å². The monoisotopic (exact) mass is 312 g/mol. The molecule has 0 radical (unpaired) electrons. The highest BCUT2D eigenvalue weighted by Gasteiger charge is 2.31. The number of carbonyl (C=O) groups excluding carboxylic acids is 1. The number of hydrazone groups is 1. The average molecular weight is 312 g/mol. The number of hydrogen-bond donors (Lipinski definition) is 3. The summed E-state index contributed by atoms with van der Waals surface area (Å²) in [6.45, 7) is 1.42. The van der Waals surface area contributed by atoms with E-state index < -0.39 is 0 Å². The zero-order valence-corrected chi connectivity index (χ0v) is 12.5. The second kappa shape index (κ2) is 5.64. The number of phenols is 3. The van der Waals surface area contributed by atoms with Crippen molar-refractivity contribution >= 4 is 11.6 Å². The first-order chi connectivity index (χ1) is 10.9. The van der Waals surface area contributed by atoms with Crippen LogP contribution in [-0.2, 0) is 4.79 Å². The Morgan fingerprint density at radius 3 is 2.39 bits per heavy atom. The Morgan fingerprint density at radius 2 is 1.78 bits per heavy atom. The Labute approximate surface area is 132 Å². The zero-order chi connectivity index (χ0) is 16.6. The molecule has 0 aliphatic carbocycles. The Balaban J connectivity index is 1.98. The maximum atomic E-state index is 11.9. The minimum absolute atomic E-state index is 0.0714. The topological polar surface area (TPSA) is 93.4 Å². The van der Waals surface area contributed by atoms with E-state index in [1.165, 1.54) is 30.1 Å². The van der Waals surface area contributed by atoms with Gasteiger partial charge in [0, 0.05) is 25.0 Å². The molecule has 2 aromatic carbocycles. The summed E-state index contributed by atoms with van der Waals surface area (Å²) in [4.78, 5) is 11.9. The molecule has 0 fully saturated rings. The third-order valence-electron chi connectivity index (χ3n) is 3.72. The quantitative estimate of drug-likeness (QED) is 0.794. The molecule has 118 valence electrons. The molecule has 0 bridgehead atoms. The SMILES string of the molecule is CC(=O)N1N=C(c2cc(O)cc(O)c2)C[C@@H]1c1cccc(O)c1. The molecular formula is C17H16N2O4. The smallest absolute Gasteiger partial charge is 0.240 e. The second-order valence-electron chi connectivity index (χ2n) is 5.46. The van der Waals surface area contributed by atoms with E-state index in [0.717, 1.165) is 5.56 Å². The molecular weight excluding hydrogens is 296 g/mol. The van der Waals surface area contributed by atoms with Crippen LogP contribution >= 0.6 is 0 Å². The Kier molecular flexibility index (Phi) is 3.65. The van der Waals surface area contributed by atoms with Gasteiger partial charge in [0.1, 0.15) is 17.2 Å². The fourth-order valence-electron chi connectivity index (χ4n) is 2.73. The third-order valence-corrected chi connectivity index (χ3v) is 3.72. The molecule has 0 saturated carbocycles. The van der Waals surface area contributed by atoms with E-state index in [1.54, 1.807) is 18.2 Å². The summed E-state index contributed by atoms with van der Waals surface area (Å²) in [6, 6.07) is 10.6. The number of amides is 1. The van der Waals surface area contributed by atoms with Crippen LogP contribution in [0.5, 0.6) is 17.2 Å². The first kappa shape index (κ1) is 14.9. The largest absolute Gasteiger partial charge is 0.508 e. The standard InChI is InChI=1S/C17H16N2O4/c1-10(20)19-17(11-3-2-4-13(21)5-11)9-16(18-19)12-6-14(22)8-15(23)7-12/h2-8,17,21-23H,9H2,1H3/t17-/m1/s1. The summed E-state index contributed by atoms with van der Waals surface area (Å²) >= 11 is 0. The molecule has 0 saturated heterocycles. The summed E-state index contributed by atoms with van der Waals surface area (Å²) < 4.78 is 0. The summed E-state index contributed by atoms with van der Waals surface area (Å²) in [5.41, 5.74) is 1.90. The highest BCUT2D eigenvalue weighted by atomic mass is 16.3. The van der Waals surface area contributed by atoms with Gasteiger partial charge in [0.05, 0.1) is 11.8 Å². The molecule has 0 aromatic heterocycles. The molecule has 1 aliphatic heterocycles. The van der Waals surface area contributed by atoms with Crippen LogP contribution in [0, 0.1) is 0 Å². The van der Waals surface area contributed by atoms with E-state index in [-0.39, 0.29) is 29.2 Å². The van der Waals surface area contributed by atoms with E-state index in [2.05, 4.69) is 5.10 Å². The van der Waals surface area contributed by atoms with Crippen LogP contribution in [0.25, 0.3) is 0 Å². The molecule has 6 heteroatoms. The van der Waals surface area contributed by atoms with E-state index >= 15 is 0 Å². The van der Waals surface area contributed by atoms with Gasteiger partial charge in [-0.05, 0) is 29.8 Å². The lowest BCUT2D eigenvalue weighted by atomic mass is 9.98. The Hall–Kier alpha value is -3.02. The van der Waals surface area contributed by atoms with Crippen LogP contribution in [0.3, 0.4) is 0 Å². The van der Waals surface area contributed by atoms with Crippen LogP contribution in [-0.4, -0.2) is 31.9 Å². The van der Waals surface area contributed by atoms with Gasteiger partial charge in [-0.25, -0.2) is 5.01 Å². The predicted molar refractivity (Wildman–Crippen MR) is 84.3 cm³/mol. The molecule has 1 aliphatic rings. The van der Waals surface area contributed by atoms with Crippen molar-refractivity contribution in [3.8, 4) is 17.2 Å². The minimum Gasteiger partial charge on any atom is -0.508 e. The van der Waals surface area contributed by atoms with E-state index in [1.807, 2.05) is 6.07 Å². The molecule has 0 spiro atoms. The summed E-state index contributed by atoms with van der Waals surface area (Å²) in [5.74, 6) is -0.247. The number of hydrogen-bond acceptors (Lipinski definition) is 5. The van der Waals surface area contributed by atoms with Crippen LogP contribution in [0.2, 0.25) is 0 Å². The maximum Gasteiger partial charge on any atom is 0.240 e. The molecule has 6 nitrogen and oxygen atoms in total. The third kappa shape index (κ3) is 2.96. The fourth-order valence-corrected chi connectivity index (χ4v) is 2.73. The maximum absolute atomic E-state index is 11.9. The number of benzene rings is 2. The molecule has 1 amide bonds. The van der Waals surface area contributed by atoms with Crippen molar-refractivity contribution in [1.82, 2.24) is 5.01 Å². The lowest BCUT2D eigenvalue weighted by Gasteiger charge is -2.20. The van der Waals surface area contributed by atoms with Gasteiger partial charge in [-0.1, -0.05) is 12.1 Å². The first-order valence-electron chi connectivity index (χ1n) is 7.13. The Morgan fingerprint density at radius 1 is 1.09 bits per heavy atom. The van der Waals surface area contributed by atoms with Gasteiger partial charge in [0.25, 0.3) is 0 Å². The molecule has 2 aromatic rings. The van der Waals surface area contributed by atoms with Crippen LogP contribution in [0.1, 0.15) is 30.5 Å². The van der Waals surface area contributed by atoms with Crippen molar-refractivity contribution in [2.75, 3.05) is 0 Å². The van der Waals surface area contributed by atoms with Gasteiger partial charge < -0.3 is 15.3 Å². The van der Waals surface area contributed by atoms with Crippen molar-refractivity contribution in [2.45, 2.75) is 19.4 Å². The predicted octanol–water partition coefficient (Wildman–Crippen LogP) is 2.50. The van der Waals surface area contributed by atoms with Crippen molar-refractivity contribution in [3.63, 3.8) is 0 Å². The molecule has 1 atom stereocenters. The van der Waals surface area contributed by atoms with E-state index in [0.29, 0.717) is 17.7 Å². The fraction of sp³-hybridized carbons (Fsp3) is 0.176. The molecule has 1 heterocycles. The van der Waals surface area contributed by atoms with Crippen molar-refractivity contribution in [3.05, 3.63) is 53.6 Å². The van der Waals surface area contributed by atoms with Crippen molar-refractivity contribution in [1.29, 1.82) is 0 Å². The average Bonchev–Trinajstić information content (AvgIpc) is 2.91. The number of nitrogens with zero attached hydrogens (tertiary/aromatic N) is 2. The lowest BCUT2D eigenvalue weighted by Crippen LogP contribution is -2.24. The number of aromatic hydroxyl groups is 3. The first-order valence-corrected chi connectivity index (χ1v) is 7.13. The van der Waals surface area contributed by atoms with E-state index in [9.17, 15) is 20.1 Å². The number of carbonyl (C=O) groups is 1. The highest BCUT2D eigenvalue weighted by molar-refractivity contribution is 6.03. The Bertz CT molecular complexity index is 781. The summed E-state index contributed by atoms with van der Waals surface area (Å²) in [5, 5.41) is 34.6. The summed E-state index contributed by atoms with van der Waals surface area (Å²) in [6.07, 6.45) is 0.423. The van der Waals surface area contributed by atoms with Gasteiger partial charge in [0.2, 0.25) is 5.91 Å². The molecule has 0 unspecified atom stereocenters. The van der Waals surface area contributed by atoms with Crippen LogP contribution < -0.4 is 0 Å². The minimum atomic E-state index is -0.334. The van der Waals surface area contributed by atoms with E-state index in [4.69, 9.17) is 0 Å². The van der Waals surface area contributed by atoms with Crippen LogP contribution in [0.4, 0.5) is 0 Å². The second-order valence-corrected chi connectivity index (χ2v) is 5.46. The lowest BCUT2D eigenvalue weighted by molar-refractivity contribution is -0.130. The molecule has 3 N–H and O–H groups in total.